The van der Waals surface area contributed by atoms with Gasteiger partial charge >= 0.3 is 5.97 Å². The van der Waals surface area contributed by atoms with E-state index in [4.69, 9.17) is 9.84 Å². The number of rotatable bonds is 6. The van der Waals surface area contributed by atoms with Crippen molar-refractivity contribution in [2.75, 3.05) is 6.61 Å². The molecular formula is C13H14N2O3. The number of carboxylic acid groups (broad SMARTS) is 1. The number of carbonyl (C=O) groups is 1. The second kappa shape index (κ2) is 5.97. The molecule has 0 bridgehead atoms. The van der Waals surface area contributed by atoms with Gasteiger partial charge in [0.15, 0.2) is 0 Å². The van der Waals surface area contributed by atoms with Crippen molar-refractivity contribution >= 4 is 5.97 Å². The fraction of sp³-hybridized carbons (Fsp3) is 0.231. The topological polar surface area (TPSA) is 64.3 Å². The van der Waals surface area contributed by atoms with Gasteiger partial charge < -0.3 is 9.84 Å². The molecule has 1 aromatic heterocycles. The van der Waals surface area contributed by atoms with Crippen molar-refractivity contribution in [2.24, 2.45) is 0 Å². The Morgan fingerprint density at radius 3 is 2.78 bits per heavy atom. The van der Waals surface area contributed by atoms with E-state index in [1.807, 2.05) is 30.3 Å². The predicted octanol–water partition coefficient (Wildman–Crippen LogP) is 1.80. The minimum atomic E-state index is -0.976. The Kier molecular flexibility index (Phi) is 4.09. The summed E-state index contributed by atoms with van der Waals surface area (Å²) in [5.41, 5.74) is 1.27. The Morgan fingerprint density at radius 2 is 2.06 bits per heavy atom. The molecule has 1 N–H and O–H groups in total. The molecule has 1 aromatic carbocycles. The van der Waals surface area contributed by atoms with Crippen LogP contribution in [0.4, 0.5) is 0 Å². The van der Waals surface area contributed by atoms with Crippen molar-refractivity contribution < 1.29 is 14.6 Å². The molecule has 2 aromatic rings. The first kappa shape index (κ1) is 12.3. The number of aromatic carboxylic acids is 1. The average Bonchev–Trinajstić information content (AvgIpc) is 2.84. The van der Waals surface area contributed by atoms with Crippen LogP contribution in [-0.4, -0.2) is 27.5 Å². The quantitative estimate of drug-likeness (QED) is 0.789. The van der Waals surface area contributed by atoms with Crippen LogP contribution in [0.25, 0.3) is 0 Å². The van der Waals surface area contributed by atoms with Gasteiger partial charge in [-0.1, -0.05) is 30.3 Å². The number of ether oxygens (including phenoxy) is 1. The highest BCUT2D eigenvalue weighted by molar-refractivity contribution is 5.85. The fourth-order valence-corrected chi connectivity index (χ4v) is 1.61. The molecule has 94 valence electrons. The van der Waals surface area contributed by atoms with E-state index in [0.29, 0.717) is 19.8 Å². The van der Waals surface area contributed by atoms with Crippen molar-refractivity contribution in [2.45, 2.75) is 13.2 Å². The van der Waals surface area contributed by atoms with Gasteiger partial charge in [0, 0.05) is 6.20 Å². The van der Waals surface area contributed by atoms with E-state index in [9.17, 15) is 4.79 Å². The molecule has 0 atom stereocenters. The normalized spacial score (nSPS) is 10.4. The van der Waals surface area contributed by atoms with Crippen molar-refractivity contribution in [3.8, 4) is 0 Å². The van der Waals surface area contributed by atoms with E-state index in [1.54, 1.807) is 0 Å². The first-order valence-electron chi connectivity index (χ1n) is 5.64. The van der Waals surface area contributed by atoms with Crippen LogP contribution in [0, 0.1) is 0 Å². The second-order valence-corrected chi connectivity index (χ2v) is 3.78. The molecule has 0 spiro atoms. The van der Waals surface area contributed by atoms with Crippen LogP contribution in [0.1, 0.15) is 16.1 Å². The smallest absolute Gasteiger partial charge is 0.354 e. The highest BCUT2D eigenvalue weighted by Gasteiger charge is 2.09. The molecule has 0 saturated heterocycles. The van der Waals surface area contributed by atoms with Crippen molar-refractivity contribution in [1.82, 2.24) is 9.78 Å². The summed E-state index contributed by atoms with van der Waals surface area (Å²) in [6, 6.07) is 11.3. The molecule has 1 heterocycles. The predicted molar refractivity (Wildman–Crippen MR) is 65.3 cm³/mol. The van der Waals surface area contributed by atoms with Gasteiger partial charge in [0.1, 0.15) is 5.69 Å². The third-order valence-corrected chi connectivity index (χ3v) is 2.49. The SMILES string of the molecule is O=C(O)c1ccnn1CCOCc1ccccc1. The molecule has 0 aliphatic heterocycles. The lowest BCUT2D eigenvalue weighted by atomic mass is 10.2. The summed E-state index contributed by atoms with van der Waals surface area (Å²) in [5.74, 6) is -0.976. The zero-order valence-corrected chi connectivity index (χ0v) is 9.82. The maximum atomic E-state index is 10.8. The van der Waals surface area contributed by atoms with Crippen molar-refractivity contribution in [3.63, 3.8) is 0 Å². The average molecular weight is 246 g/mol. The molecule has 5 heteroatoms. The third-order valence-electron chi connectivity index (χ3n) is 2.49. The van der Waals surface area contributed by atoms with Gasteiger partial charge in [0.2, 0.25) is 0 Å². The van der Waals surface area contributed by atoms with Crippen molar-refractivity contribution in [1.29, 1.82) is 0 Å². The summed E-state index contributed by atoms with van der Waals surface area (Å²) in [5, 5.41) is 12.8. The second-order valence-electron chi connectivity index (χ2n) is 3.78. The zero-order chi connectivity index (χ0) is 12.8. The number of aromatic nitrogens is 2. The molecule has 0 unspecified atom stereocenters. The minimum absolute atomic E-state index is 0.179. The number of hydrogen-bond acceptors (Lipinski definition) is 3. The Balaban J connectivity index is 1.79. The first-order valence-corrected chi connectivity index (χ1v) is 5.64. The molecule has 2 rings (SSSR count). The Morgan fingerprint density at radius 1 is 1.28 bits per heavy atom. The summed E-state index contributed by atoms with van der Waals surface area (Å²) in [7, 11) is 0. The first-order chi connectivity index (χ1) is 8.77. The molecule has 0 saturated carbocycles. The van der Waals surface area contributed by atoms with Crippen LogP contribution >= 0.6 is 0 Å². The summed E-state index contributed by atoms with van der Waals surface area (Å²) in [6.07, 6.45) is 1.47. The van der Waals surface area contributed by atoms with Gasteiger partial charge in [-0.05, 0) is 11.6 Å². The summed E-state index contributed by atoms with van der Waals surface area (Å²) < 4.78 is 6.90. The highest BCUT2D eigenvalue weighted by Crippen LogP contribution is 2.02. The summed E-state index contributed by atoms with van der Waals surface area (Å²) in [4.78, 5) is 10.8. The number of hydrogen-bond donors (Lipinski definition) is 1. The number of nitrogens with zero attached hydrogens (tertiary/aromatic N) is 2. The molecular weight excluding hydrogens is 232 g/mol. The molecule has 18 heavy (non-hydrogen) atoms. The zero-order valence-electron chi connectivity index (χ0n) is 9.82. The van der Waals surface area contributed by atoms with E-state index < -0.39 is 5.97 Å². The summed E-state index contributed by atoms with van der Waals surface area (Å²) in [6.45, 7) is 1.38. The maximum Gasteiger partial charge on any atom is 0.354 e. The van der Waals surface area contributed by atoms with Gasteiger partial charge in [-0.2, -0.15) is 5.10 Å². The molecule has 0 fully saturated rings. The third kappa shape index (κ3) is 3.18. The lowest BCUT2D eigenvalue weighted by Crippen LogP contribution is -2.13. The summed E-state index contributed by atoms with van der Waals surface area (Å²) >= 11 is 0. The van der Waals surface area contributed by atoms with Gasteiger partial charge in [-0.3, -0.25) is 4.68 Å². The number of carboxylic acids is 1. The van der Waals surface area contributed by atoms with E-state index >= 15 is 0 Å². The standard InChI is InChI=1S/C13H14N2O3/c16-13(17)12-6-7-14-15(12)8-9-18-10-11-4-2-1-3-5-11/h1-7H,8-10H2,(H,16,17). The lowest BCUT2D eigenvalue weighted by Gasteiger charge is -2.06. The molecule has 5 nitrogen and oxygen atoms in total. The van der Waals surface area contributed by atoms with Gasteiger partial charge in [0.05, 0.1) is 19.8 Å². The van der Waals surface area contributed by atoms with Crippen LogP contribution in [0.5, 0.6) is 0 Å². The monoisotopic (exact) mass is 246 g/mol. The molecule has 0 aliphatic carbocycles. The molecule has 0 aliphatic rings. The van der Waals surface area contributed by atoms with Crippen molar-refractivity contribution in [3.05, 3.63) is 53.9 Å². The molecule has 0 amide bonds. The Labute approximate surface area is 105 Å². The van der Waals surface area contributed by atoms with Crippen LogP contribution in [0.2, 0.25) is 0 Å². The Bertz CT molecular complexity index is 508. The lowest BCUT2D eigenvalue weighted by molar-refractivity contribution is 0.0674. The maximum absolute atomic E-state index is 10.8. The molecule has 0 radical (unpaired) electrons. The van der Waals surface area contributed by atoms with E-state index in [1.165, 1.54) is 16.9 Å². The van der Waals surface area contributed by atoms with Crippen LogP contribution in [-0.2, 0) is 17.9 Å². The number of benzene rings is 1. The van der Waals surface area contributed by atoms with Gasteiger partial charge in [-0.25, -0.2) is 4.79 Å². The highest BCUT2D eigenvalue weighted by atomic mass is 16.5. The van der Waals surface area contributed by atoms with Gasteiger partial charge in [-0.15, -0.1) is 0 Å². The minimum Gasteiger partial charge on any atom is -0.477 e. The van der Waals surface area contributed by atoms with Gasteiger partial charge in [0.25, 0.3) is 0 Å². The van der Waals surface area contributed by atoms with E-state index in [0.717, 1.165) is 5.56 Å². The fourth-order valence-electron chi connectivity index (χ4n) is 1.61. The van der Waals surface area contributed by atoms with E-state index in [2.05, 4.69) is 5.10 Å². The van der Waals surface area contributed by atoms with Crippen LogP contribution in [0.15, 0.2) is 42.6 Å². The van der Waals surface area contributed by atoms with Crippen LogP contribution < -0.4 is 0 Å². The van der Waals surface area contributed by atoms with E-state index in [-0.39, 0.29) is 5.69 Å². The Hall–Kier alpha value is -2.14. The van der Waals surface area contributed by atoms with Crippen LogP contribution in [0.3, 0.4) is 0 Å². The largest absolute Gasteiger partial charge is 0.477 e.